The van der Waals surface area contributed by atoms with E-state index in [-0.39, 0.29) is 5.16 Å². The first-order valence-electron chi connectivity index (χ1n) is 21.2. The van der Waals surface area contributed by atoms with Gasteiger partial charge in [0.25, 0.3) is 0 Å². The number of nitrogens with one attached hydrogen (secondary N) is 2. The van der Waals surface area contributed by atoms with Crippen molar-refractivity contribution in [1.82, 2.24) is 10.6 Å². The monoisotopic (exact) mass is 954 g/mol. The first-order chi connectivity index (χ1) is 25.7. The minimum Gasteiger partial charge on any atom is -0.436 e. The lowest BCUT2D eigenvalue weighted by molar-refractivity contribution is 0.119. The van der Waals surface area contributed by atoms with Gasteiger partial charge in [-0.15, -0.1) is 0 Å². The first kappa shape index (κ1) is 57.4. The maximum Gasteiger partial charge on any atom is 0.502 e. The zero-order valence-electron chi connectivity index (χ0n) is 39.8. The molecule has 0 radical (unpaired) electrons. The van der Waals surface area contributed by atoms with Gasteiger partial charge in [-0.3, -0.25) is 0 Å². The van der Waals surface area contributed by atoms with Crippen molar-refractivity contribution in [3.63, 3.8) is 0 Å². The van der Waals surface area contributed by atoms with Gasteiger partial charge in [0.2, 0.25) is 0 Å². The highest BCUT2D eigenvalue weighted by Crippen LogP contribution is 2.37. The Morgan fingerprint density at radius 3 is 1.21 bits per heavy atom. The molecule has 0 spiro atoms. The van der Waals surface area contributed by atoms with Crippen LogP contribution < -0.4 is 10.6 Å². The minimum absolute atomic E-state index is 0.0158. The Morgan fingerprint density at radius 2 is 0.857 bits per heavy atom. The first-order valence-corrected chi connectivity index (χ1v) is 44.4. The van der Waals surface area contributed by atoms with Crippen LogP contribution in [0.3, 0.4) is 0 Å². The molecule has 0 rings (SSSR count). The molecule has 0 heterocycles. The maximum absolute atomic E-state index is 7.03. The molecule has 0 aliphatic heterocycles. The molecule has 0 aromatic rings. The summed E-state index contributed by atoms with van der Waals surface area (Å²) in [5, 5.41) is 7.79. The van der Waals surface area contributed by atoms with Crippen molar-refractivity contribution in [3.8, 4) is 0 Å². The van der Waals surface area contributed by atoms with E-state index < -0.39 is 77.8 Å². The van der Waals surface area contributed by atoms with Crippen molar-refractivity contribution in [3.05, 3.63) is 0 Å². The van der Waals surface area contributed by atoms with Crippen LogP contribution in [0.4, 0.5) is 0 Å². The molecule has 2 N–H and O–H groups in total. The smallest absolute Gasteiger partial charge is 0.436 e. The van der Waals surface area contributed by atoms with Crippen LogP contribution in [-0.2, 0) is 47.4 Å². The third kappa shape index (κ3) is 22.5. The Hall–Kier alpha value is 1.43. The highest BCUT2D eigenvalue weighted by Gasteiger charge is 2.56. The Bertz CT molecular complexity index is 1010. The fraction of sp³-hybridized carbons (Fsp3) is 1.00. The van der Waals surface area contributed by atoms with Gasteiger partial charge in [-0.1, -0.05) is 13.0 Å². The molecular weight excluding hydrogens is 865 g/mol. The van der Waals surface area contributed by atoms with Crippen LogP contribution in [0.15, 0.2) is 0 Å². The van der Waals surface area contributed by atoms with Gasteiger partial charge in [-0.05, 0) is 150 Å². The largest absolute Gasteiger partial charge is 0.502 e. The van der Waals surface area contributed by atoms with Crippen LogP contribution in [0.1, 0.15) is 47.5 Å². The highest BCUT2D eigenvalue weighted by atomic mass is 28.5. The predicted molar refractivity (Wildman–Crippen MR) is 254 cm³/mol. The molecule has 0 amide bonds. The van der Waals surface area contributed by atoms with Gasteiger partial charge in [0.05, 0.1) is 9.52 Å². The molecule has 0 aromatic carbocycles. The molecule has 13 nitrogen and oxygen atoms in total. The third-order valence-corrected chi connectivity index (χ3v) is 44.3. The zero-order valence-corrected chi connectivity index (χ0v) is 49.3. The van der Waals surface area contributed by atoms with E-state index in [4.69, 9.17) is 47.4 Å². The zero-order chi connectivity index (χ0) is 43.5. The van der Waals surface area contributed by atoms with Crippen LogP contribution in [0.25, 0.3) is 0 Å². The third-order valence-electron chi connectivity index (χ3n) is 9.91. The average molecular weight is 956 g/mol. The van der Waals surface area contributed by atoms with Gasteiger partial charge >= 0.3 is 51.6 Å². The van der Waals surface area contributed by atoms with Crippen LogP contribution in [-0.4, -0.2) is 144 Å². The molecule has 0 fully saturated rings. The Labute approximate surface area is 356 Å². The van der Waals surface area contributed by atoms with Crippen molar-refractivity contribution < 1.29 is 47.4 Å². The Balaban J connectivity index is 5.54. The summed E-state index contributed by atoms with van der Waals surface area (Å²) in [7, 11) is -14.8. The lowest BCUT2D eigenvalue weighted by Crippen LogP contribution is -2.62. The van der Waals surface area contributed by atoms with E-state index in [1.165, 1.54) is 6.04 Å². The summed E-state index contributed by atoms with van der Waals surface area (Å²) in [6.07, 6.45) is 2.08. The summed E-state index contributed by atoms with van der Waals surface area (Å²) >= 11 is 0. The average Bonchev–Trinajstić information content (AvgIpc) is 3.04. The molecule has 338 valence electrons. The summed E-state index contributed by atoms with van der Waals surface area (Å²) in [6.45, 7) is 41.4. The number of hydrogen-bond acceptors (Lipinski definition) is 13. The van der Waals surface area contributed by atoms with E-state index >= 15 is 0 Å². The maximum atomic E-state index is 7.03. The lowest BCUT2D eigenvalue weighted by atomic mass is 10.4. The summed E-state index contributed by atoms with van der Waals surface area (Å²) in [5.74, 6) is 0.340. The molecule has 0 aliphatic carbocycles. The second-order valence-corrected chi connectivity index (χ2v) is 49.9. The van der Waals surface area contributed by atoms with Gasteiger partial charge < -0.3 is 58.1 Å². The van der Waals surface area contributed by atoms with Crippen molar-refractivity contribution in [2.45, 2.75) is 161 Å². The van der Waals surface area contributed by atoms with Crippen molar-refractivity contribution in [2.24, 2.45) is 0 Å². The summed E-state index contributed by atoms with van der Waals surface area (Å²) in [5.41, 5.74) is 0. The lowest BCUT2D eigenvalue weighted by Gasteiger charge is -2.45. The van der Waals surface area contributed by atoms with Gasteiger partial charge in [0.1, 0.15) is 0 Å². The second kappa shape index (κ2) is 26.1. The van der Waals surface area contributed by atoms with Gasteiger partial charge in [0.15, 0.2) is 16.6 Å². The molecule has 56 heavy (non-hydrogen) atoms. The fourth-order valence-corrected chi connectivity index (χ4v) is 47.3. The predicted octanol–water partition coefficient (Wildman–Crippen LogP) is 7.50. The molecule has 22 heteroatoms. The van der Waals surface area contributed by atoms with E-state index in [1.54, 1.807) is 21.3 Å². The van der Waals surface area contributed by atoms with Crippen LogP contribution >= 0.6 is 0 Å². The normalized spacial score (nSPS) is 15.2. The summed E-state index contributed by atoms with van der Waals surface area (Å²) in [4.78, 5) is 0. The van der Waals surface area contributed by atoms with Crippen LogP contribution in [0.2, 0.25) is 108 Å². The quantitative estimate of drug-likeness (QED) is 0.0371. The number of rotatable bonds is 35. The van der Waals surface area contributed by atoms with E-state index in [9.17, 15) is 0 Å². The molecule has 0 aliphatic rings. The van der Waals surface area contributed by atoms with E-state index in [0.717, 1.165) is 44.1 Å². The highest BCUT2D eigenvalue weighted by molar-refractivity contribution is 6.94. The van der Waals surface area contributed by atoms with Crippen molar-refractivity contribution >= 4 is 77.8 Å². The van der Waals surface area contributed by atoms with Gasteiger partial charge in [-0.2, -0.15) is 0 Å². The van der Waals surface area contributed by atoms with E-state index in [2.05, 4.69) is 124 Å². The Kier molecular flexibility index (Phi) is 26.8. The molecule has 0 saturated heterocycles. The van der Waals surface area contributed by atoms with Crippen molar-refractivity contribution in [1.29, 1.82) is 0 Å². The molecular formula is C34H90N2O11Si9. The molecule has 1 atom stereocenters. The van der Waals surface area contributed by atoms with E-state index in [1.807, 2.05) is 0 Å². The van der Waals surface area contributed by atoms with Gasteiger partial charge in [0, 0.05) is 58.7 Å². The Morgan fingerprint density at radius 1 is 0.500 bits per heavy atom. The topological polar surface area (TPSA) is 126 Å². The standard InChI is InChI=1S/C34H90N2O11Si9/c1-21-40-54(19,41-22-2)30-25-27-35-34(36-28-26-31-55(20,42-23-3)43-24-4)48-29-32-49(9,10)44-51(13,14)46-53(17,18)47-52(15,16)45-50(11,12)33(5)56(37-6,38-7)39-8/h33-36H,21-32,48H2,1-20H3. The van der Waals surface area contributed by atoms with Gasteiger partial charge in [-0.25, -0.2) is 0 Å². The van der Waals surface area contributed by atoms with Crippen molar-refractivity contribution in [2.75, 3.05) is 60.8 Å². The minimum atomic E-state index is -2.89. The van der Waals surface area contributed by atoms with E-state index in [0.29, 0.717) is 32.2 Å². The molecule has 1 unspecified atom stereocenters. The second-order valence-electron chi connectivity index (χ2n) is 17.5. The SMILES string of the molecule is CCO[Si](C)(CCCNC(NCCC[Si](C)(OCC)OCC)[SiH2]CC[Si](C)(C)O[Si](C)(C)O[Si](C)(C)O[Si](C)(C)O[Si](C)(C)C(C)[Si](OC)(OC)OC)OCC. The fourth-order valence-electron chi connectivity index (χ4n) is 7.86. The van der Waals surface area contributed by atoms with Crippen LogP contribution in [0, 0.1) is 0 Å². The summed E-state index contributed by atoms with van der Waals surface area (Å²) in [6, 6.07) is 4.27. The molecule has 0 bridgehead atoms. The summed E-state index contributed by atoms with van der Waals surface area (Å²) < 4.78 is 69.6. The molecule has 0 aromatic heterocycles. The molecule has 0 saturated carbocycles. The van der Waals surface area contributed by atoms with Crippen LogP contribution in [0.5, 0.6) is 0 Å². The number of hydrogen-bond donors (Lipinski definition) is 2.